The molecule has 3 rings (SSSR count). The number of benzene rings is 1. The van der Waals surface area contributed by atoms with E-state index in [2.05, 4.69) is 15.2 Å². The van der Waals surface area contributed by atoms with Crippen LogP contribution in [0.5, 0.6) is 0 Å². The van der Waals surface area contributed by atoms with Gasteiger partial charge in [0, 0.05) is 5.56 Å². The molecule has 0 fully saturated rings. The molecule has 3 aromatic rings. The lowest BCUT2D eigenvalue weighted by Crippen LogP contribution is -2.12. The number of thioether (sulfide) groups is 1. The number of ether oxygens (including phenoxy) is 1. The summed E-state index contributed by atoms with van der Waals surface area (Å²) in [5, 5.41) is 9.83. The standard InChI is InChI=1S/C18H16FN3O3S2/c1-3-25-14(24)8-13(23)9-26-18-16-17(27-10(2)20-16)15(21-22-18)11-4-6-12(19)7-5-11/h4-7H,3,8-9H2,1-2H3. The van der Waals surface area contributed by atoms with E-state index in [4.69, 9.17) is 4.74 Å². The Morgan fingerprint density at radius 1 is 1.22 bits per heavy atom. The fourth-order valence-corrected chi connectivity index (χ4v) is 4.16. The molecular weight excluding hydrogens is 389 g/mol. The molecule has 2 aromatic heterocycles. The summed E-state index contributed by atoms with van der Waals surface area (Å²) in [6.07, 6.45) is -0.263. The molecule has 27 heavy (non-hydrogen) atoms. The summed E-state index contributed by atoms with van der Waals surface area (Å²) < 4.78 is 18.8. The van der Waals surface area contributed by atoms with E-state index in [0.717, 1.165) is 15.3 Å². The molecule has 2 heterocycles. The second-order valence-corrected chi connectivity index (χ2v) is 7.75. The molecule has 6 nitrogen and oxygen atoms in total. The Morgan fingerprint density at radius 3 is 2.67 bits per heavy atom. The number of Topliss-reactive ketones (excluding diaryl/α,β-unsaturated/α-hetero) is 1. The van der Waals surface area contributed by atoms with Gasteiger partial charge in [-0.1, -0.05) is 11.8 Å². The third-order valence-corrected chi connectivity index (χ3v) is 5.52. The number of hydrogen-bond acceptors (Lipinski definition) is 8. The van der Waals surface area contributed by atoms with Crippen LogP contribution in [0.15, 0.2) is 29.3 Å². The number of rotatable bonds is 7. The van der Waals surface area contributed by atoms with E-state index < -0.39 is 5.97 Å². The minimum absolute atomic E-state index is 0.0784. The maximum atomic E-state index is 13.2. The number of aryl methyl sites for hydroxylation is 1. The van der Waals surface area contributed by atoms with Crippen LogP contribution in [-0.4, -0.2) is 39.3 Å². The normalized spacial score (nSPS) is 10.9. The Bertz CT molecular complexity index is 989. The molecule has 0 saturated carbocycles. The first-order chi connectivity index (χ1) is 13.0. The first-order valence-electron chi connectivity index (χ1n) is 8.17. The van der Waals surface area contributed by atoms with E-state index in [0.29, 0.717) is 16.2 Å². The van der Waals surface area contributed by atoms with E-state index in [-0.39, 0.29) is 30.4 Å². The number of esters is 1. The Balaban J connectivity index is 1.83. The monoisotopic (exact) mass is 405 g/mol. The van der Waals surface area contributed by atoms with E-state index in [1.807, 2.05) is 6.92 Å². The number of hydrogen-bond donors (Lipinski definition) is 0. The minimum Gasteiger partial charge on any atom is -0.466 e. The largest absolute Gasteiger partial charge is 0.466 e. The van der Waals surface area contributed by atoms with Gasteiger partial charge in [-0.15, -0.1) is 21.5 Å². The fraction of sp³-hybridized carbons (Fsp3) is 0.278. The van der Waals surface area contributed by atoms with Crippen LogP contribution in [-0.2, 0) is 14.3 Å². The Morgan fingerprint density at radius 2 is 1.96 bits per heavy atom. The molecule has 0 unspecified atom stereocenters. The number of thiazole rings is 1. The molecule has 140 valence electrons. The van der Waals surface area contributed by atoms with Gasteiger partial charge < -0.3 is 4.74 Å². The van der Waals surface area contributed by atoms with Crippen molar-refractivity contribution in [2.45, 2.75) is 25.3 Å². The van der Waals surface area contributed by atoms with Crippen molar-refractivity contribution in [2.24, 2.45) is 0 Å². The van der Waals surface area contributed by atoms with Gasteiger partial charge in [-0.25, -0.2) is 9.37 Å². The maximum absolute atomic E-state index is 13.2. The van der Waals surface area contributed by atoms with Crippen LogP contribution < -0.4 is 0 Å². The molecule has 0 amide bonds. The van der Waals surface area contributed by atoms with Gasteiger partial charge in [0.25, 0.3) is 0 Å². The Kier molecular flexibility index (Phi) is 6.12. The first-order valence-corrected chi connectivity index (χ1v) is 9.98. The quantitative estimate of drug-likeness (QED) is 0.336. The zero-order valence-corrected chi connectivity index (χ0v) is 16.3. The maximum Gasteiger partial charge on any atom is 0.313 e. The lowest BCUT2D eigenvalue weighted by Gasteiger charge is -2.05. The smallest absolute Gasteiger partial charge is 0.313 e. The molecular formula is C18H16FN3O3S2. The van der Waals surface area contributed by atoms with Crippen LogP contribution in [0.4, 0.5) is 4.39 Å². The van der Waals surface area contributed by atoms with Gasteiger partial charge in [0.15, 0.2) is 5.78 Å². The van der Waals surface area contributed by atoms with Crippen molar-refractivity contribution < 1.29 is 18.7 Å². The number of nitrogens with zero attached hydrogens (tertiary/aromatic N) is 3. The first kappa shape index (κ1) is 19.4. The highest BCUT2D eigenvalue weighted by molar-refractivity contribution is 8.00. The predicted octanol–water partition coefficient (Wildman–Crippen LogP) is 3.82. The summed E-state index contributed by atoms with van der Waals surface area (Å²) in [5.74, 6) is -1.02. The van der Waals surface area contributed by atoms with Crippen molar-refractivity contribution in [1.82, 2.24) is 15.2 Å². The summed E-state index contributed by atoms with van der Waals surface area (Å²) in [7, 11) is 0. The molecule has 0 bridgehead atoms. The number of halogens is 1. The topological polar surface area (TPSA) is 82.0 Å². The predicted molar refractivity (Wildman–Crippen MR) is 102 cm³/mol. The van der Waals surface area contributed by atoms with Gasteiger partial charge in [-0.3, -0.25) is 9.59 Å². The van der Waals surface area contributed by atoms with Gasteiger partial charge in [0.05, 0.1) is 22.1 Å². The minimum atomic E-state index is -0.532. The molecule has 0 aliphatic carbocycles. The third-order valence-electron chi connectivity index (χ3n) is 3.53. The van der Waals surface area contributed by atoms with Gasteiger partial charge >= 0.3 is 5.97 Å². The lowest BCUT2D eigenvalue weighted by molar-refractivity contribution is -0.145. The summed E-state index contributed by atoms with van der Waals surface area (Å²) in [5.41, 5.74) is 2.02. The van der Waals surface area contributed by atoms with Crippen molar-refractivity contribution in [3.05, 3.63) is 35.1 Å². The van der Waals surface area contributed by atoms with Crippen molar-refractivity contribution in [3.63, 3.8) is 0 Å². The molecule has 9 heteroatoms. The summed E-state index contributed by atoms with van der Waals surface area (Å²) in [6, 6.07) is 6.02. The average Bonchev–Trinajstić information content (AvgIpc) is 3.02. The number of aromatic nitrogens is 3. The third kappa shape index (κ3) is 4.67. The van der Waals surface area contributed by atoms with Crippen LogP contribution in [0.1, 0.15) is 18.4 Å². The Hall–Kier alpha value is -2.39. The molecule has 0 saturated heterocycles. The summed E-state index contributed by atoms with van der Waals surface area (Å²) in [4.78, 5) is 27.8. The number of fused-ring (bicyclic) bond motifs is 1. The van der Waals surface area contributed by atoms with Gasteiger partial charge in [0.1, 0.15) is 28.5 Å². The van der Waals surface area contributed by atoms with Crippen molar-refractivity contribution in [1.29, 1.82) is 0 Å². The Labute approximate surface area is 163 Å². The second-order valence-electron chi connectivity index (χ2n) is 5.58. The van der Waals surface area contributed by atoms with E-state index >= 15 is 0 Å². The van der Waals surface area contributed by atoms with E-state index in [1.165, 1.54) is 35.2 Å². The van der Waals surface area contributed by atoms with Crippen LogP contribution in [0.25, 0.3) is 21.5 Å². The molecule has 0 aliphatic heterocycles. The molecule has 0 N–H and O–H groups in total. The van der Waals surface area contributed by atoms with Crippen LogP contribution in [0.2, 0.25) is 0 Å². The van der Waals surface area contributed by atoms with Crippen molar-refractivity contribution in [3.8, 4) is 11.3 Å². The molecule has 0 aliphatic rings. The number of ketones is 1. The number of carbonyl (C=O) groups excluding carboxylic acids is 2. The average molecular weight is 405 g/mol. The SMILES string of the molecule is CCOC(=O)CC(=O)CSc1nnc(-c2ccc(F)cc2)c2sc(C)nc12. The van der Waals surface area contributed by atoms with Crippen LogP contribution in [0, 0.1) is 12.7 Å². The molecule has 0 spiro atoms. The highest BCUT2D eigenvalue weighted by Gasteiger charge is 2.18. The van der Waals surface area contributed by atoms with Crippen molar-refractivity contribution in [2.75, 3.05) is 12.4 Å². The van der Waals surface area contributed by atoms with Crippen molar-refractivity contribution >= 4 is 45.1 Å². The van der Waals surface area contributed by atoms with Gasteiger partial charge in [-0.05, 0) is 38.1 Å². The lowest BCUT2D eigenvalue weighted by atomic mass is 10.1. The van der Waals surface area contributed by atoms with Crippen LogP contribution >= 0.6 is 23.1 Å². The van der Waals surface area contributed by atoms with Crippen LogP contribution in [0.3, 0.4) is 0 Å². The summed E-state index contributed by atoms with van der Waals surface area (Å²) >= 11 is 2.65. The zero-order chi connectivity index (χ0) is 19.4. The van der Waals surface area contributed by atoms with Gasteiger partial charge in [0.2, 0.25) is 0 Å². The highest BCUT2D eigenvalue weighted by atomic mass is 32.2. The highest BCUT2D eigenvalue weighted by Crippen LogP contribution is 2.35. The van der Waals surface area contributed by atoms with E-state index in [9.17, 15) is 14.0 Å². The zero-order valence-electron chi connectivity index (χ0n) is 14.7. The van der Waals surface area contributed by atoms with E-state index in [1.54, 1.807) is 19.1 Å². The number of carbonyl (C=O) groups is 2. The molecule has 0 radical (unpaired) electrons. The molecule has 0 atom stereocenters. The van der Waals surface area contributed by atoms with Gasteiger partial charge in [-0.2, -0.15) is 0 Å². The fourth-order valence-electron chi connectivity index (χ4n) is 2.39. The summed E-state index contributed by atoms with van der Waals surface area (Å²) in [6.45, 7) is 3.81. The molecule has 1 aromatic carbocycles. The second kappa shape index (κ2) is 8.53.